The Balaban J connectivity index is 1.82. The molecule has 0 saturated heterocycles. The van der Waals surface area contributed by atoms with E-state index in [9.17, 15) is 4.79 Å². The summed E-state index contributed by atoms with van der Waals surface area (Å²) in [5, 5.41) is 3.73. The van der Waals surface area contributed by atoms with Crippen molar-refractivity contribution in [3.63, 3.8) is 0 Å². The molecule has 1 atom stereocenters. The van der Waals surface area contributed by atoms with Crippen LogP contribution >= 0.6 is 11.6 Å². The van der Waals surface area contributed by atoms with Gasteiger partial charge in [-0.05, 0) is 35.4 Å². The molecule has 134 valence electrons. The molecule has 3 rings (SSSR count). The minimum absolute atomic E-state index is 0.0869. The maximum Gasteiger partial charge on any atom is 0.225 e. The predicted molar refractivity (Wildman–Crippen MR) is 101 cm³/mol. The first-order valence-corrected chi connectivity index (χ1v) is 8.59. The first kappa shape index (κ1) is 18.0. The monoisotopic (exact) mass is 369 g/mol. The fourth-order valence-corrected chi connectivity index (χ4v) is 2.87. The van der Waals surface area contributed by atoms with Crippen LogP contribution < -0.4 is 10.1 Å². The average Bonchev–Trinajstić information content (AvgIpc) is 3.07. The average molecular weight is 370 g/mol. The molecule has 0 aliphatic rings. The number of hydrogen-bond donors (Lipinski definition) is 1. The maximum atomic E-state index is 12.6. The van der Waals surface area contributed by atoms with Crippen LogP contribution in [0.2, 0.25) is 5.02 Å². The third-order valence-corrected chi connectivity index (χ3v) is 4.40. The summed E-state index contributed by atoms with van der Waals surface area (Å²) in [5.74, 6) is 1.44. The summed E-state index contributed by atoms with van der Waals surface area (Å²) < 4.78 is 7.11. The Hall–Kier alpha value is -2.79. The second kappa shape index (κ2) is 8.06. The van der Waals surface area contributed by atoms with Gasteiger partial charge in [0.15, 0.2) is 0 Å². The second-order valence-electron chi connectivity index (χ2n) is 5.97. The van der Waals surface area contributed by atoms with Gasteiger partial charge in [0.1, 0.15) is 17.6 Å². The quantitative estimate of drug-likeness (QED) is 0.723. The largest absolute Gasteiger partial charge is 0.497 e. The lowest BCUT2D eigenvalue weighted by Crippen LogP contribution is -2.32. The number of nitrogens with zero attached hydrogens (tertiary/aromatic N) is 2. The molecule has 5 nitrogen and oxygen atoms in total. The highest BCUT2D eigenvalue weighted by Crippen LogP contribution is 2.23. The van der Waals surface area contributed by atoms with Gasteiger partial charge in [0, 0.05) is 24.5 Å². The van der Waals surface area contributed by atoms with Crippen molar-refractivity contribution in [3.8, 4) is 5.75 Å². The van der Waals surface area contributed by atoms with Crippen LogP contribution in [-0.4, -0.2) is 22.6 Å². The number of carbonyl (C=O) groups excluding carboxylic acids is 1. The summed E-state index contributed by atoms with van der Waals surface area (Å²) >= 11 is 5.90. The third-order valence-electron chi connectivity index (χ3n) is 4.15. The summed E-state index contributed by atoms with van der Waals surface area (Å²) in [6.07, 6.45) is 3.85. The molecule has 1 aromatic heterocycles. The molecule has 0 bridgehead atoms. The maximum absolute atomic E-state index is 12.6. The number of aromatic nitrogens is 2. The number of imidazole rings is 1. The topological polar surface area (TPSA) is 56.1 Å². The molecule has 1 heterocycles. The first-order valence-electron chi connectivity index (χ1n) is 8.22. The van der Waals surface area contributed by atoms with Crippen LogP contribution in [0.4, 0.5) is 0 Å². The SMILES string of the molecule is COc1ccc([C@@H](NC(=O)Cc2ccc(Cl)cc2)c2nccn2C)cc1. The van der Waals surface area contributed by atoms with E-state index in [1.54, 1.807) is 25.4 Å². The minimum Gasteiger partial charge on any atom is -0.497 e. The fourth-order valence-electron chi connectivity index (χ4n) is 2.75. The van der Waals surface area contributed by atoms with Crippen molar-refractivity contribution in [3.05, 3.63) is 82.9 Å². The van der Waals surface area contributed by atoms with E-state index >= 15 is 0 Å². The van der Waals surface area contributed by atoms with Crippen molar-refractivity contribution in [2.24, 2.45) is 7.05 Å². The van der Waals surface area contributed by atoms with Gasteiger partial charge in [-0.15, -0.1) is 0 Å². The van der Waals surface area contributed by atoms with Crippen molar-refractivity contribution in [1.29, 1.82) is 0 Å². The zero-order valence-electron chi connectivity index (χ0n) is 14.6. The van der Waals surface area contributed by atoms with Crippen molar-refractivity contribution < 1.29 is 9.53 Å². The number of benzene rings is 2. The standard InChI is InChI=1S/C20H20ClN3O2/c1-24-12-11-22-20(24)19(15-5-9-17(26-2)10-6-15)23-18(25)13-14-3-7-16(21)8-4-14/h3-12,19H,13H2,1-2H3,(H,23,25)/t19-/m1/s1. The van der Waals surface area contributed by atoms with Crippen LogP contribution in [0, 0.1) is 0 Å². The van der Waals surface area contributed by atoms with E-state index in [1.165, 1.54) is 0 Å². The molecule has 3 aromatic rings. The van der Waals surface area contributed by atoms with E-state index in [2.05, 4.69) is 10.3 Å². The van der Waals surface area contributed by atoms with Crippen LogP contribution in [-0.2, 0) is 18.3 Å². The van der Waals surface area contributed by atoms with Gasteiger partial charge in [-0.2, -0.15) is 0 Å². The minimum atomic E-state index is -0.347. The van der Waals surface area contributed by atoms with E-state index in [0.717, 1.165) is 22.7 Å². The van der Waals surface area contributed by atoms with E-state index in [4.69, 9.17) is 16.3 Å². The predicted octanol–water partition coefficient (Wildman–Crippen LogP) is 3.53. The number of amides is 1. The molecule has 0 saturated carbocycles. The number of nitrogens with one attached hydrogen (secondary N) is 1. The van der Waals surface area contributed by atoms with E-state index in [-0.39, 0.29) is 18.4 Å². The number of methoxy groups -OCH3 is 1. The number of carbonyl (C=O) groups is 1. The Kier molecular flexibility index (Phi) is 5.58. The second-order valence-corrected chi connectivity index (χ2v) is 6.41. The van der Waals surface area contributed by atoms with Crippen molar-refractivity contribution in [2.45, 2.75) is 12.5 Å². The van der Waals surface area contributed by atoms with Gasteiger partial charge >= 0.3 is 0 Å². The number of halogens is 1. The number of aryl methyl sites for hydroxylation is 1. The molecule has 2 aromatic carbocycles. The molecular weight excluding hydrogens is 350 g/mol. The lowest BCUT2D eigenvalue weighted by molar-refractivity contribution is -0.121. The van der Waals surface area contributed by atoms with Crippen molar-refractivity contribution in [2.75, 3.05) is 7.11 Å². The van der Waals surface area contributed by atoms with Crippen LogP contribution in [0.15, 0.2) is 60.9 Å². The summed E-state index contributed by atoms with van der Waals surface area (Å²) in [5.41, 5.74) is 1.84. The Morgan fingerprint density at radius 2 is 1.88 bits per heavy atom. The van der Waals surface area contributed by atoms with Crippen LogP contribution in [0.25, 0.3) is 0 Å². The van der Waals surface area contributed by atoms with Gasteiger partial charge < -0.3 is 14.6 Å². The molecule has 0 aliphatic heterocycles. The Morgan fingerprint density at radius 3 is 2.46 bits per heavy atom. The molecule has 0 radical (unpaired) electrons. The molecule has 0 fully saturated rings. The van der Waals surface area contributed by atoms with Crippen LogP contribution in [0.3, 0.4) is 0 Å². The zero-order chi connectivity index (χ0) is 18.5. The molecule has 1 amide bonds. The normalized spacial score (nSPS) is 11.8. The van der Waals surface area contributed by atoms with Crippen molar-refractivity contribution >= 4 is 17.5 Å². The van der Waals surface area contributed by atoms with Gasteiger partial charge in [0.05, 0.1) is 13.5 Å². The highest BCUT2D eigenvalue weighted by atomic mass is 35.5. The van der Waals surface area contributed by atoms with E-state index in [0.29, 0.717) is 5.02 Å². The lowest BCUT2D eigenvalue weighted by atomic mass is 10.0. The highest BCUT2D eigenvalue weighted by molar-refractivity contribution is 6.30. The van der Waals surface area contributed by atoms with Crippen LogP contribution in [0.5, 0.6) is 5.75 Å². The number of rotatable bonds is 6. The van der Waals surface area contributed by atoms with Crippen molar-refractivity contribution in [1.82, 2.24) is 14.9 Å². The molecule has 0 aliphatic carbocycles. The highest BCUT2D eigenvalue weighted by Gasteiger charge is 2.21. The number of hydrogen-bond acceptors (Lipinski definition) is 3. The van der Waals surface area contributed by atoms with Gasteiger partial charge in [-0.3, -0.25) is 4.79 Å². The molecule has 0 spiro atoms. The van der Waals surface area contributed by atoms with Gasteiger partial charge in [-0.1, -0.05) is 35.9 Å². The molecule has 6 heteroatoms. The smallest absolute Gasteiger partial charge is 0.225 e. The van der Waals surface area contributed by atoms with Gasteiger partial charge in [0.2, 0.25) is 5.91 Å². The van der Waals surface area contributed by atoms with E-state index in [1.807, 2.05) is 54.2 Å². The molecular formula is C20H20ClN3O2. The summed E-state index contributed by atoms with van der Waals surface area (Å²) in [6.45, 7) is 0. The first-order chi connectivity index (χ1) is 12.6. The molecule has 1 N–H and O–H groups in total. The molecule has 0 unspecified atom stereocenters. The van der Waals surface area contributed by atoms with Gasteiger partial charge in [-0.25, -0.2) is 4.98 Å². The summed E-state index contributed by atoms with van der Waals surface area (Å²) in [4.78, 5) is 17.0. The van der Waals surface area contributed by atoms with E-state index < -0.39 is 0 Å². The Bertz CT molecular complexity index is 873. The summed E-state index contributed by atoms with van der Waals surface area (Å²) in [7, 11) is 3.53. The number of ether oxygens (including phenoxy) is 1. The summed E-state index contributed by atoms with van der Waals surface area (Å²) in [6, 6.07) is 14.5. The zero-order valence-corrected chi connectivity index (χ0v) is 15.4. The Labute approximate surface area is 157 Å². The Morgan fingerprint density at radius 1 is 1.19 bits per heavy atom. The third kappa shape index (κ3) is 4.24. The van der Waals surface area contributed by atoms with Gasteiger partial charge in [0.25, 0.3) is 0 Å². The fraction of sp³-hybridized carbons (Fsp3) is 0.200. The molecule has 26 heavy (non-hydrogen) atoms. The lowest BCUT2D eigenvalue weighted by Gasteiger charge is -2.19. The van der Waals surface area contributed by atoms with Crippen LogP contribution in [0.1, 0.15) is 23.0 Å².